The standard InChI is InChI=1S/C21H24N4O9S/c1-9(27)33-12-6-5-11(7-13(12)34-10(2)28)14(22)16(29)24-21(23-8-26)18(32)25-15(17(30)31)20(3,4)35-19(21)25/h5-8,14-15,19H,22H2,1-4H3,(H,23,26)(H,24,29)(H,30,31)/t14?,15-,19+,21+/m0/s1. The van der Waals surface area contributed by atoms with E-state index >= 15 is 0 Å². The Labute approximate surface area is 203 Å². The number of thioether (sulfide) groups is 1. The molecule has 2 fully saturated rings. The molecule has 1 aromatic carbocycles. The number of rotatable bonds is 8. The molecule has 2 aliphatic heterocycles. The largest absolute Gasteiger partial charge is 0.480 e. The quantitative estimate of drug-likeness (QED) is 0.113. The van der Waals surface area contributed by atoms with Gasteiger partial charge < -0.3 is 35.8 Å². The number of nitrogens with two attached hydrogens (primary N) is 1. The number of fused-ring (bicyclic) bond motifs is 1. The third-order valence-corrected chi connectivity index (χ3v) is 7.14. The highest BCUT2D eigenvalue weighted by atomic mass is 32.2. The van der Waals surface area contributed by atoms with Crippen LogP contribution in [-0.2, 0) is 28.8 Å². The number of nitrogens with zero attached hydrogens (tertiary/aromatic N) is 1. The maximum absolute atomic E-state index is 13.1. The number of ether oxygens (including phenoxy) is 2. The molecule has 2 heterocycles. The third-order valence-electron chi connectivity index (χ3n) is 5.50. The number of carbonyl (C=O) groups is 6. The van der Waals surface area contributed by atoms with Crippen LogP contribution in [0.15, 0.2) is 18.2 Å². The van der Waals surface area contributed by atoms with E-state index in [1.54, 1.807) is 13.8 Å². The Hall–Kier alpha value is -3.65. The van der Waals surface area contributed by atoms with Gasteiger partial charge in [0.05, 0.1) is 0 Å². The van der Waals surface area contributed by atoms with Gasteiger partial charge in [-0.05, 0) is 31.5 Å². The number of hydrogen-bond donors (Lipinski definition) is 4. The summed E-state index contributed by atoms with van der Waals surface area (Å²) in [7, 11) is 0. The van der Waals surface area contributed by atoms with Crippen LogP contribution < -0.4 is 25.8 Å². The van der Waals surface area contributed by atoms with Crippen molar-refractivity contribution in [1.82, 2.24) is 15.5 Å². The number of amides is 3. The first-order chi connectivity index (χ1) is 16.2. The number of nitrogens with one attached hydrogen (secondary N) is 2. The van der Waals surface area contributed by atoms with Crippen molar-refractivity contribution >= 4 is 47.9 Å². The zero-order chi connectivity index (χ0) is 26.3. The highest BCUT2D eigenvalue weighted by Crippen LogP contribution is 2.54. The van der Waals surface area contributed by atoms with Gasteiger partial charge in [0.2, 0.25) is 18.0 Å². The van der Waals surface area contributed by atoms with Crippen LogP contribution in [-0.4, -0.2) is 68.0 Å². The van der Waals surface area contributed by atoms with Gasteiger partial charge >= 0.3 is 17.9 Å². The summed E-state index contributed by atoms with van der Waals surface area (Å²) in [5.74, 6) is -4.50. The van der Waals surface area contributed by atoms with Gasteiger partial charge in [-0.25, -0.2) is 4.79 Å². The molecule has 2 saturated heterocycles. The zero-order valence-corrected chi connectivity index (χ0v) is 20.0. The van der Waals surface area contributed by atoms with Gasteiger partial charge in [-0.1, -0.05) is 6.07 Å². The predicted molar refractivity (Wildman–Crippen MR) is 120 cm³/mol. The summed E-state index contributed by atoms with van der Waals surface area (Å²) in [6.45, 7) is 5.57. The third kappa shape index (κ3) is 4.53. The lowest BCUT2D eigenvalue weighted by molar-refractivity contribution is -0.172. The van der Waals surface area contributed by atoms with Crippen LogP contribution in [0.1, 0.15) is 39.3 Å². The maximum atomic E-state index is 13.1. The molecule has 3 amide bonds. The molecule has 0 aliphatic carbocycles. The first kappa shape index (κ1) is 26.0. The van der Waals surface area contributed by atoms with E-state index in [9.17, 15) is 33.9 Å². The zero-order valence-electron chi connectivity index (χ0n) is 19.2. The predicted octanol–water partition coefficient (Wildman–Crippen LogP) is -0.758. The Morgan fingerprint density at radius 3 is 2.31 bits per heavy atom. The van der Waals surface area contributed by atoms with Crippen molar-refractivity contribution in [3.05, 3.63) is 23.8 Å². The van der Waals surface area contributed by atoms with Crippen molar-refractivity contribution in [2.75, 3.05) is 0 Å². The van der Waals surface area contributed by atoms with Gasteiger partial charge in [0.1, 0.15) is 17.5 Å². The molecule has 1 aromatic rings. The first-order valence-electron chi connectivity index (χ1n) is 10.3. The molecule has 0 bridgehead atoms. The molecule has 4 atom stereocenters. The molecular weight excluding hydrogens is 484 g/mol. The molecule has 14 heteroatoms. The highest BCUT2D eigenvalue weighted by molar-refractivity contribution is 8.01. The van der Waals surface area contributed by atoms with Crippen LogP contribution >= 0.6 is 11.8 Å². The van der Waals surface area contributed by atoms with Crippen LogP contribution in [0.25, 0.3) is 0 Å². The van der Waals surface area contributed by atoms with Crippen molar-refractivity contribution in [2.45, 2.75) is 55.6 Å². The molecule has 3 rings (SSSR count). The average molecular weight is 509 g/mol. The molecule has 0 saturated carbocycles. The Morgan fingerprint density at radius 2 is 1.77 bits per heavy atom. The molecule has 35 heavy (non-hydrogen) atoms. The van der Waals surface area contributed by atoms with Gasteiger partial charge in [-0.3, -0.25) is 24.0 Å². The van der Waals surface area contributed by atoms with Crippen molar-refractivity contribution in [3.8, 4) is 11.5 Å². The van der Waals surface area contributed by atoms with E-state index in [0.717, 1.165) is 30.5 Å². The van der Waals surface area contributed by atoms with Gasteiger partial charge in [-0.15, -0.1) is 11.8 Å². The van der Waals surface area contributed by atoms with E-state index in [-0.39, 0.29) is 23.5 Å². The lowest BCUT2D eigenvalue weighted by atomic mass is 9.91. The summed E-state index contributed by atoms with van der Waals surface area (Å²) in [6.07, 6.45) is 0.232. The summed E-state index contributed by atoms with van der Waals surface area (Å²) in [6, 6.07) is 1.30. The van der Waals surface area contributed by atoms with Gasteiger partial charge in [0.25, 0.3) is 5.91 Å². The fourth-order valence-corrected chi connectivity index (χ4v) is 5.71. The fraction of sp³-hybridized carbons (Fsp3) is 0.429. The fourth-order valence-electron chi connectivity index (χ4n) is 4.05. The van der Waals surface area contributed by atoms with E-state index in [1.165, 1.54) is 18.2 Å². The van der Waals surface area contributed by atoms with E-state index in [1.807, 2.05) is 0 Å². The molecule has 2 aliphatic rings. The van der Waals surface area contributed by atoms with Crippen molar-refractivity contribution in [3.63, 3.8) is 0 Å². The molecule has 188 valence electrons. The molecule has 5 N–H and O–H groups in total. The summed E-state index contributed by atoms with van der Waals surface area (Å²) in [5.41, 5.74) is 4.32. The SMILES string of the molecule is CC(=O)Oc1ccc(C(N)C(=O)N[C@]2(NC=O)C(=O)N3[C@@H](C(=O)O)C(C)(C)S[C@@H]32)cc1OC(C)=O. The second kappa shape index (κ2) is 9.19. The number of carboxylic acids is 1. The number of hydrogen-bond acceptors (Lipinski definition) is 10. The molecule has 0 aromatic heterocycles. The van der Waals surface area contributed by atoms with E-state index < -0.39 is 57.6 Å². The second-order valence-corrected chi connectivity index (χ2v) is 10.2. The van der Waals surface area contributed by atoms with Crippen molar-refractivity contribution in [2.24, 2.45) is 5.73 Å². The molecular formula is C21H24N4O9S. The Bertz CT molecular complexity index is 1120. The van der Waals surface area contributed by atoms with Crippen LogP contribution in [0, 0.1) is 0 Å². The average Bonchev–Trinajstić information content (AvgIpc) is 3.02. The van der Waals surface area contributed by atoms with Crippen LogP contribution in [0.4, 0.5) is 0 Å². The van der Waals surface area contributed by atoms with Gasteiger partial charge in [0.15, 0.2) is 11.5 Å². The summed E-state index contributed by atoms with van der Waals surface area (Å²) in [5, 5.41) is 13.5. The normalized spacial score (nSPS) is 24.9. The van der Waals surface area contributed by atoms with Crippen LogP contribution in [0.3, 0.4) is 0 Å². The minimum Gasteiger partial charge on any atom is -0.480 e. The summed E-state index contributed by atoms with van der Waals surface area (Å²) in [4.78, 5) is 73.0. The minimum atomic E-state index is -1.90. The van der Waals surface area contributed by atoms with Crippen LogP contribution in [0.5, 0.6) is 11.5 Å². The van der Waals surface area contributed by atoms with E-state index in [2.05, 4.69) is 10.6 Å². The maximum Gasteiger partial charge on any atom is 0.327 e. The molecule has 0 radical (unpaired) electrons. The molecule has 0 spiro atoms. The Kier molecular flexibility index (Phi) is 6.81. The van der Waals surface area contributed by atoms with Crippen molar-refractivity contribution < 1.29 is 43.3 Å². The number of esters is 2. The minimum absolute atomic E-state index is 0.0720. The second-order valence-electron chi connectivity index (χ2n) is 8.46. The van der Waals surface area contributed by atoms with Crippen molar-refractivity contribution in [1.29, 1.82) is 0 Å². The Balaban J connectivity index is 1.88. The summed E-state index contributed by atoms with van der Waals surface area (Å²) < 4.78 is 9.12. The van der Waals surface area contributed by atoms with E-state index in [4.69, 9.17) is 15.2 Å². The Morgan fingerprint density at radius 1 is 1.17 bits per heavy atom. The lowest BCUT2D eigenvalue weighted by Crippen LogP contribution is -2.85. The number of aliphatic carboxylic acids is 1. The summed E-state index contributed by atoms with van der Waals surface area (Å²) >= 11 is 1.11. The first-order valence-corrected chi connectivity index (χ1v) is 11.2. The monoisotopic (exact) mass is 508 g/mol. The van der Waals surface area contributed by atoms with Crippen LogP contribution in [0.2, 0.25) is 0 Å². The number of benzene rings is 1. The lowest BCUT2D eigenvalue weighted by Gasteiger charge is -2.52. The van der Waals surface area contributed by atoms with E-state index in [0.29, 0.717) is 0 Å². The number of carbonyl (C=O) groups excluding carboxylic acids is 5. The number of carboxylic acid groups (broad SMARTS) is 1. The van der Waals surface area contributed by atoms with Gasteiger partial charge in [-0.2, -0.15) is 0 Å². The highest BCUT2D eigenvalue weighted by Gasteiger charge is 2.72. The smallest absolute Gasteiger partial charge is 0.327 e. The molecule has 13 nitrogen and oxygen atoms in total. The van der Waals surface area contributed by atoms with Gasteiger partial charge in [0, 0.05) is 18.6 Å². The topological polar surface area (TPSA) is 194 Å². The number of β-lactam (4-membered cyclic amide) rings is 1. The molecule has 1 unspecified atom stereocenters.